The van der Waals surface area contributed by atoms with Gasteiger partial charge in [0.05, 0.1) is 0 Å². The number of amides is 1. The number of carbonyl (C=O) groups excluding carboxylic acids is 1. The molecule has 1 aliphatic heterocycles. The minimum atomic E-state index is -0.104. The van der Waals surface area contributed by atoms with Crippen molar-refractivity contribution in [1.29, 1.82) is 0 Å². The highest BCUT2D eigenvalue weighted by atomic mass is 16.5. The Morgan fingerprint density at radius 2 is 2.07 bits per heavy atom. The number of furan rings is 1. The zero-order valence-electron chi connectivity index (χ0n) is 16.1. The van der Waals surface area contributed by atoms with Gasteiger partial charge in [-0.25, -0.2) is 9.67 Å². The molecule has 1 unspecified atom stereocenters. The van der Waals surface area contributed by atoms with Crippen LogP contribution in [-0.4, -0.2) is 53.8 Å². The minimum absolute atomic E-state index is 0.104. The fourth-order valence-electron chi connectivity index (χ4n) is 3.60. The zero-order chi connectivity index (χ0) is 20.3. The third-order valence-electron chi connectivity index (χ3n) is 5.10. The van der Waals surface area contributed by atoms with Gasteiger partial charge < -0.3 is 13.8 Å². The number of pyridine rings is 1. The molecule has 10 heteroatoms. The number of hydrogen-bond donors (Lipinski definition) is 0. The highest BCUT2D eigenvalue weighted by Crippen LogP contribution is 2.24. The molecule has 10 nitrogen and oxygen atoms in total. The Bertz CT molecular complexity index is 1120. The van der Waals surface area contributed by atoms with Gasteiger partial charge in [0.15, 0.2) is 11.6 Å². The molecule has 30 heavy (non-hydrogen) atoms. The first kappa shape index (κ1) is 18.2. The van der Waals surface area contributed by atoms with Crippen LogP contribution in [0.2, 0.25) is 0 Å². The number of rotatable bonds is 6. The Balaban J connectivity index is 1.18. The summed E-state index contributed by atoms with van der Waals surface area (Å²) in [5.74, 6) is 2.30. The predicted octanol–water partition coefficient (Wildman–Crippen LogP) is 2.07. The third-order valence-corrected chi connectivity index (χ3v) is 5.10. The summed E-state index contributed by atoms with van der Waals surface area (Å²) >= 11 is 0. The summed E-state index contributed by atoms with van der Waals surface area (Å²) in [5.41, 5.74) is 0.839. The van der Waals surface area contributed by atoms with Crippen LogP contribution in [0.5, 0.6) is 0 Å². The number of nitrogens with zero attached hydrogens (tertiary/aromatic N) is 7. The minimum Gasteiger partial charge on any atom is -0.454 e. The van der Waals surface area contributed by atoms with Crippen molar-refractivity contribution in [2.45, 2.75) is 19.4 Å². The molecule has 0 N–H and O–H groups in total. The summed E-state index contributed by atoms with van der Waals surface area (Å²) in [6.07, 6.45) is 7.99. The molecule has 0 aromatic carbocycles. The fraction of sp³-hybridized carbons (Fsp3) is 0.300. The van der Waals surface area contributed by atoms with Gasteiger partial charge in [0.25, 0.3) is 11.8 Å². The van der Waals surface area contributed by atoms with Crippen molar-refractivity contribution < 1.29 is 13.7 Å². The molecule has 0 radical (unpaired) electrons. The first-order valence-corrected chi connectivity index (χ1v) is 9.68. The second kappa shape index (κ2) is 7.90. The van der Waals surface area contributed by atoms with Gasteiger partial charge >= 0.3 is 0 Å². The van der Waals surface area contributed by atoms with Crippen molar-refractivity contribution >= 4 is 5.91 Å². The van der Waals surface area contributed by atoms with Gasteiger partial charge in [-0.2, -0.15) is 10.1 Å². The number of aromatic nitrogens is 6. The van der Waals surface area contributed by atoms with Crippen LogP contribution in [0.4, 0.5) is 0 Å². The SMILES string of the molecule is O=C(c1ccc(Cn2cncn2)o1)N1CCC(Cc2noc(-c3ccncc3)n2)C1. The standard InChI is InChI=1S/C20H19N7O3/c28-20(17-2-1-16(29-17)11-27-13-22-12-23-27)26-8-5-14(10-26)9-18-24-19(30-25-18)15-3-6-21-7-4-15/h1-4,6-7,12-14H,5,8-11H2. The van der Waals surface area contributed by atoms with Crippen molar-refractivity contribution in [1.82, 2.24) is 34.8 Å². The van der Waals surface area contributed by atoms with Crippen molar-refractivity contribution in [3.63, 3.8) is 0 Å². The van der Waals surface area contributed by atoms with Gasteiger partial charge in [0.2, 0.25) is 0 Å². The first-order chi connectivity index (χ1) is 14.7. The topological polar surface area (TPSA) is 116 Å². The fourth-order valence-corrected chi connectivity index (χ4v) is 3.60. The molecule has 1 atom stereocenters. The molecule has 152 valence electrons. The normalized spacial score (nSPS) is 16.3. The monoisotopic (exact) mass is 405 g/mol. The smallest absolute Gasteiger partial charge is 0.289 e. The molecular formula is C20H19N7O3. The number of hydrogen-bond acceptors (Lipinski definition) is 8. The summed E-state index contributed by atoms with van der Waals surface area (Å²) < 4.78 is 12.7. The summed E-state index contributed by atoms with van der Waals surface area (Å²) in [6.45, 7) is 1.75. The molecule has 0 aliphatic carbocycles. The lowest BCUT2D eigenvalue weighted by Gasteiger charge is -2.14. The molecule has 0 saturated carbocycles. The van der Waals surface area contributed by atoms with Crippen LogP contribution in [0.3, 0.4) is 0 Å². The van der Waals surface area contributed by atoms with E-state index in [4.69, 9.17) is 8.94 Å². The van der Waals surface area contributed by atoms with E-state index in [1.165, 1.54) is 6.33 Å². The van der Waals surface area contributed by atoms with E-state index in [1.54, 1.807) is 35.5 Å². The average molecular weight is 405 g/mol. The van der Waals surface area contributed by atoms with Crippen LogP contribution >= 0.6 is 0 Å². The molecule has 1 fully saturated rings. The first-order valence-electron chi connectivity index (χ1n) is 9.68. The molecular weight excluding hydrogens is 386 g/mol. The number of carbonyl (C=O) groups is 1. The van der Waals surface area contributed by atoms with E-state index < -0.39 is 0 Å². The Kier molecular flexibility index (Phi) is 4.80. The Hall–Kier alpha value is -3.82. The van der Waals surface area contributed by atoms with Gasteiger partial charge in [-0.05, 0) is 36.6 Å². The van der Waals surface area contributed by atoms with E-state index in [9.17, 15) is 4.79 Å². The lowest BCUT2D eigenvalue weighted by Crippen LogP contribution is -2.28. The molecule has 4 aromatic heterocycles. The van der Waals surface area contributed by atoms with E-state index in [-0.39, 0.29) is 11.8 Å². The van der Waals surface area contributed by atoms with Crippen LogP contribution in [0.25, 0.3) is 11.5 Å². The van der Waals surface area contributed by atoms with Crippen LogP contribution in [-0.2, 0) is 13.0 Å². The van der Waals surface area contributed by atoms with E-state index in [0.29, 0.717) is 49.3 Å². The van der Waals surface area contributed by atoms with Crippen LogP contribution in [0.1, 0.15) is 28.6 Å². The zero-order valence-corrected chi connectivity index (χ0v) is 16.1. The Labute approximate surface area is 171 Å². The molecule has 1 amide bonds. The maximum atomic E-state index is 12.8. The summed E-state index contributed by atoms with van der Waals surface area (Å²) in [6, 6.07) is 7.16. The largest absolute Gasteiger partial charge is 0.454 e. The molecule has 4 aromatic rings. The summed E-state index contributed by atoms with van der Waals surface area (Å²) in [5, 5.41) is 8.12. The third kappa shape index (κ3) is 3.84. The van der Waals surface area contributed by atoms with Gasteiger partial charge in [-0.1, -0.05) is 5.16 Å². The van der Waals surface area contributed by atoms with Crippen LogP contribution in [0, 0.1) is 5.92 Å². The lowest BCUT2D eigenvalue weighted by atomic mass is 10.1. The van der Waals surface area contributed by atoms with Crippen LogP contribution in [0.15, 0.2) is 58.3 Å². The van der Waals surface area contributed by atoms with Gasteiger partial charge in [-0.15, -0.1) is 0 Å². The highest BCUT2D eigenvalue weighted by Gasteiger charge is 2.29. The summed E-state index contributed by atoms with van der Waals surface area (Å²) in [4.78, 5) is 27.0. The van der Waals surface area contributed by atoms with Crippen molar-refractivity contribution in [3.05, 3.63) is 66.7 Å². The second-order valence-electron chi connectivity index (χ2n) is 7.22. The van der Waals surface area contributed by atoms with E-state index in [2.05, 4.69) is 25.2 Å². The van der Waals surface area contributed by atoms with Crippen molar-refractivity contribution in [2.75, 3.05) is 13.1 Å². The average Bonchev–Trinajstić information content (AvgIpc) is 3.57. The highest BCUT2D eigenvalue weighted by molar-refractivity contribution is 5.91. The lowest BCUT2D eigenvalue weighted by molar-refractivity contribution is 0.0753. The van der Waals surface area contributed by atoms with E-state index in [1.807, 2.05) is 17.0 Å². The summed E-state index contributed by atoms with van der Waals surface area (Å²) in [7, 11) is 0. The van der Waals surface area contributed by atoms with E-state index in [0.717, 1.165) is 12.0 Å². The molecule has 5 heterocycles. The maximum absolute atomic E-state index is 12.8. The molecule has 0 bridgehead atoms. The van der Waals surface area contributed by atoms with Crippen LogP contribution < -0.4 is 0 Å². The Morgan fingerprint density at radius 3 is 2.90 bits per heavy atom. The van der Waals surface area contributed by atoms with Gasteiger partial charge in [0.1, 0.15) is 25.0 Å². The van der Waals surface area contributed by atoms with Gasteiger partial charge in [0, 0.05) is 37.5 Å². The Morgan fingerprint density at radius 1 is 1.17 bits per heavy atom. The van der Waals surface area contributed by atoms with Gasteiger partial charge in [-0.3, -0.25) is 9.78 Å². The quantitative estimate of drug-likeness (QED) is 0.479. The predicted molar refractivity (Wildman–Crippen MR) is 103 cm³/mol. The number of likely N-dealkylation sites (tertiary alicyclic amines) is 1. The van der Waals surface area contributed by atoms with E-state index >= 15 is 0 Å². The van der Waals surface area contributed by atoms with Crippen molar-refractivity contribution in [2.24, 2.45) is 5.92 Å². The molecule has 0 spiro atoms. The second-order valence-corrected chi connectivity index (χ2v) is 7.22. The van der Waals surface area contributed by atoms with Crippen molar-refractivity contribution in [3.8, 4) is 11.5 Å². The molecule has 1 saturated heterocycles. The maximum Gasteiger partial charge on any atom is 0.289 e. The molecule has 1 aliphatic rings. The molecule has 5 rings (SSSR count).